The van der Waals surface area contributed by atoms with Crippen molar-refractivity contribution < 1.29 is 18.7 Å². The number of hydrogen-bond acceptors (Lipinski definition) is 5. The monoisotopic (exact) mass is 540 g/mol. The first-order chi connectivity index (χ1) is 15.9. The molecular formula is C28H52O4SSi2. The van der Waals surface area contributed by atoms with Crippen LogP contribution in [0.3, 0.4) is 0 Å². The fraction of sp³-hybridized carbons (Fsp3) is 0.714. The fourth-order valence-corrected chi connectivity index (χ4v) is 12.0. The van der Waals surface area contributed by atoms with Gasteiger partial charge in [-0.3, -0.25) is 0 Å². The quantitative estimate of drug-likeness (QED) is 0.211. The Morgan fingerprint density at radius 2 is 1.51 bits per heavy atom. The summed E-state index contributed by atoms with van der Waals surface area (Å²) in [5.41, 5.74) is 2.11. The molecule has 1 aromatic carbocycles. The second-order valence-electron chi connectivity index (χ2n) is 12.1. The molecule has 1 atom stereocenters. The van der Waals surface area contributed by atoms with Crippen molar-refractivity contribution in [2.24, 2.45) is 0 Å². The van der Waals surface area contributed by atoms with Crippen LogP contribution in [-0.4, -0.2) is 35.1 Å². The number of methoxy groups -OCH3 is 1. The molecule has 1 rings (SSSR count). The van der Waals surface area contributed by atoms with Gasteiger partial charge in [0.05, 0.1) is 19.0 Å². The zero-order valence-electron chi connectivity index (χ0n) is 24.8. The van der Waals surface area contributed by atoms with Crippen molar-refractivity contribution in [1.29, 1.82) is 0 Å². The molecule has 35 heavy (non-hydrogen) atoms. The van der Waals surface area contributed by atoms with Crippen LogP contribution in [0, 0.1) is 0 Å². The number of aliphatic hydroxyl groups is 1. The second-order valence-corrected chi connectivity index (χ2v) is 23.1. The molecule has 1 N–H and O–H groups in total. The van der Waals surface area contributed by atoms with E-state index >= 15 is 0 Å². The van der Waals surface area contributed by atoms with E-state index in [1.807, 2.05) is 25.1 Å². The van der Waals surface area contributed by atoms with Crippen LogP contribution in [0.2, 0.25) is 34.8 Å². The van der Waals surface area contributed by atoms with Crippen molar-refractivity contribution in [1.82, 2.24) is 0 Å². The van der Waals surface area contributed by atoms with E-state index in [0.29, 0.717) is 23.0 Å². The average molecular weight is 541 g/mol. The lowest BCUT2D eigenvalue weighted by atomic mass is 10.0. The lowest BCUT2D eigenvalue weighted by Crippen LogP contribution is -2.50. The Hall–Kier alpha value is -0.896. The number of rotatable bonds is 12. The highest BCUT2D eigenvalue weighted by Gasteiger charge is 2.47. The smallest absolute Gasteiger partial charge is 0.258 e. The summed E-state index contributed by atoms with van der Waals surface area (Å²) in [6, 6.07) is 5.85. The second kappa shape index (κ2) is 12.6. The highest BCUT2D eigenvalue weighted by atomic mass is 32.2. The molecule has 0 amide bonds. The van der Waals surface area contributed by atoms with Crippen molar-refractivity contribution in [3.8, 4) is 11.5 Å². The Kier molecular flexibility index (Phi) is 11.5. The SMILES string of the molecule is COc1ccc(O[Si](C(C)C)(C(C)C)C(C)C)c([C@@H](O)C/C(SC)=C(\C)O[Si](C)(C)C(C)(C)C)c1. The van der Waals surface area contributed by atoms with Gasteiger partial charge in [-0.25, -0.2) is 0 Å². The molecule has 7 heteroatoms. The first-order valence-electron chi connectivity index (χ1n) is 12.9. The summed E-state index contributed by atoms with van der Waals surface area (Å²) >= 11 is 1.65. The van der Waals surface area contributed by atoms with Crippen molar-refractivity contribution in [2.75, 3.05) is 13.4 Å². The van der Waals surface area contributed by atoms with Gasteiger partial charge in [-0.1, -0.05) is 62.3 Å². The number of aliphatic hydroxyl groups excluding tert-OH is 1. The van der Waals surface area contributed by atoms with Crippen LogP contribution < -0.4 is 9.16 Å². The lowest BCUT2D eigenvalue weighted by molar-refractivity contribution is 0.175. The van der Waals surface area contributed by atoms with Gasteiger partial charge in [0, 0.05) is 16.9 Å². The summed E-state index contributed by atoms with van der Waals surface area (Å²) in [4.78, 5) is 1.07. The largest absolute Gasteiger partial charge is 0.546 e. The maximum absolute atomic E-state index is 11.5. The number of benzene rings is 1. The molecule has 0 aliphatic heterocycles. The van der Waals surface area contributed by atoms with E-state index in [1.54, 1.807) is 18.9 Å². The van der Waals surface area contributed by atoms with Gasteiger partial charge >= 0.3 is 0 Å². The summed E-state index contributed by atoms with van der Waals surface area (Å²) in [5.74, 6) is 2.43. The minimum absolute atomic E-state index is 0.114. The van der Waals surface area contributed by atoms with Gasteiger partial charge in [-0.2, -0.15) is 0 Å². The summed E-state index contributed by atoms with van der Waals surface area (Å²) < 4.78 is 19.1. The Morgan fingerprint density at radius 1 is 1.00 bits per heavy atom. The maximum atomic E-state index is 11.5. The molecule has 0 saturated carbocycles. The fourth-order valence-electron chi connectivity index (χ4n) is 4.80. The Labute approximate surface area is 222 Å². The molecule has 0 bridgehead atoms. The molecule has 0 aromatic heterocycles. The van der Waals surface area contributed by atoms with Crippen molar-refractivity contribution in [3.63, 3.8) is 0 Å². The van der Waals surface area contributed by atoms with Crippen LogP contribution in [-0.2, 0) is 4.43 Å². The predicted octanol–water partition coefficient (Wildman–Crippen LogP) is 9.29. The van der Waals surface area contributed by atoms with Crippen molar-refractivity contribution in [2.45, 2.75) is 117 Å². The predicted molar refractivity (Wildman–Crippen MR) is 159 cm³/mol. The summed E-state index contributed by atoms with van der Waals surface area (Å²) in [7, 11) is -2.49. The average Bonchev–Trinajstić information content (AvgIpc) is 2.73. The van der Waals surface area contributed by atoms with Crippen LogP contribution in [0.25, 0.3) is 0 Å². The number of thioether (sulfide) groups is 1. The van der Waals surface area contributed by atoms with Crippen molar-refractivity contribution >= 4 is 28.4 Å². The standard InChI is InChI=1S/C28H52O4SSi2/c1-19(2)35(20(3)4,21(5)6)32-26-16-15-23(30-11)17-24(26)25(29)18-27(33-12)22(7)31-34(13,14)28(8,9)10/h15-17,19-21,25,29H,18H2,1-14H3/b27-22-/t25-/m0/s1. The molecule has 0 unspecified atom stereocenters. The van der Waals surface area contributed by atoms with E-state index in [1.165, 1.54) is 0 Å². The highest BCUT2D eigenvalue weighted by molar-refractivity contribution is 8.02. The normalized spacial score (nSPS) is 14.9. The molecule has 0 saturated heterocycles. The number of allylic oxidation sites excluding steroid dienone is 1. The van der Waals surface area contributed by atoms with Gasteiger partial charge in [0.1, 0.15) is 11.5 Å². The van der Waals surface area contributed by atoms with Crippen LogP contribution in [0.5, 0.6) is 11.5 Å². The van der Waals surface area contributed by atoms with E-state index in [-0.39, 0.29) is 5.04 Å². The van der Waals surface area contributed by atoms with Gasteiger partial charge in [-0.15, -0.1) is 11.8 Å². The molecule has 1 aromatic rings. The molecular weight excluding hydrogens is 489 g/mol. The Balaban J connectivity index is 3.47. The molecule has 202 valence electrons. The van der Waals surface area contributed by atoms with Gasteiger partial charge in [-0.05, 0) is 66.1 Å². The molecule has 0 heterocycles. The third-order valence-electron chi connectivity index (χ3n) is 7.80. The van der Waals surface area contributed by atoms with Crippen LogP contribution >= 0.6 is 11.8 Å². The molecule has 0 aliphatic carbocycles. The van der Waals surface area contributed by atoms with Gasteiger partial charge in [0.2, 0.25) is 8.32 Å². The van der Waals surface area contributed by atoms with Crippen LogP contribution in [0.1, 0.15) is 87.3 Å². The van der Waals surface area contributed by atoms with E-state index in [4.69, 9.17) is 13.6 Å². The van der Waals surface area contributed by atoms with Crippen molar-refractivity contribution in [3.05, 3.63) is 34.4 Å². The van der Waals surface area contributed by atoms with E-state index in [0.717, 1.165) is 27.7 Å². The van der Waals surface area contributed by atoms with E-state index in [2.05, 4.69) is 81.7 Å². The van der Waals surface area contributed by atoms with Crippen LogP contribution in [0.15, 0.2) is 28.9 Å². The minimum atomic E-state index is -2.18. The third-order valence-corrected chi connectivity index (χ3v) is 19.2. The summed E-state index contributed by atoms with van der Waals surface area (Å²) in [5, 5.41) is 11.6. The van der Waals surface area contributed by atoms with Gasteiger partial charge in [0.25, 0.3) is 8.32 Å². The zero-order valence-corrected chi connectivity index (χ0v) is 27.6. The maximum Gasteiger partial charge on any atom is 0.258 e. The van der Waals surface area contributed by atoms with E-state index in [9.17, 15) is 5.11 Å². The van der Waals surface area contributed by atoms with Gasteiger partial charge < -0.3 is 18.7 Å². The Bertz CT molecular complexity index is 835. The van der Waals surface area contributed by atoms with E-state index < -0.39 is 22.7 Å². The lowest BCUT2D eigenvalue weighted by Gasteiger charge is -2.43. The highest BCUT2D eigenvalue weighted by Crippen LogP contribution is 2.46. The molecule has 0 aliphatic rings. The minimum Gasteiger partial charge on any atom is -0.546 e. The molecule has 4 nitrogen and oxygen atoms in total. The summed E-state index contributed by atoms with van der Waals surface area (Å²) in [6.45, 7) is 27.0. The Morgan fingerprint density at radius 3 is 1.91 bits per heavy atom. The zero-order chi connectivity index (χ0) is 27.4. The number of ether oxygens (including phenoxy) is 1. The third kappa shape index (κ3) is 7.56. The molecule has 0 spiro atoms. The first kappa shape index (κ1) is 32.1. The van der Waals surface area contributed by atoms with Gasteiger partial charge in [0.15, 0.2) is 0 Å². The van der Waals surface area contributed by atoms with Crippen LogP contribution in [0.4, 0.5) is 0 Å². The topological polar surface area (TPSA) is 47.9 Å². The summed E-state index contributed by atoms with van der Waals surface area (Å²) in [6.07, 6.45) is 1.81. The molecule has 0 fully saturated rings. The molecule has 0 radical (unpaired) electrons. The first-order valence-corrected chi connectivity index (χ1v) is 19.2. The number of hydrogen-bond donors (Lipinski definition) is 1.